The van der Waals surface area contributed by atoms with Crippen molar-refractivity contribution < 1.29 is 28.4 Å². The van der Waals surface area contributed by atoms with Crippen molar-refractivity contribution in [3.05, 3.63) is 0 Å². The van der Waals surface area contributed by atoms with Crippen molar-refractivity contribution >= 4 is 13.7 Å². The summed E-state index contributed by atoms with van der Waals surface area (Å²) in [6.45, 7) is 4.18. The highest BCUT2D eigenvalue weighted by atomic mass is 31.2. The highest BCUT2D eigenvalue weighted by Gasteiger charge is 2.27. The Labute approximate surface area is 259 Å². The van der Waals surface area contributed by atoms with Gasteiger partial charge in [-0.15, -0.1) is 0 Å². The molecule has 0 spiro atoms. The molecule has 0 aromatic carbocycles. The van der Waals surface area contributed by atoms with Gasteiger partial charge in [0.15, 0.2) is 0 Å². The maximum absolute atomic E-state index is 12.6. The number of phosphoric acid groups is 1. The predicted molar refractivity (Wildman–Crippen MR) is 175 cm³/mol. The van der Waals surface area contributed by atoms with Crippen LogP contribution in [0, 0.1) is 0 Å². The number of carbonyl (C=O) groups excluding carboxylic acids is 1. The zero-order valence-corrected chi connectivity index (χ0v) is 28.4. The number of rotatable bonds is 33. The summed E-state index contributed by atoms with van der Waals surface area (Å²) in [5.74, 6) is -0.163. The molecule has 252 valence electrons. The Hall–Kier alpha value is -0.500. The summed E-state index contributed by atoms with van der Waals surface area (Å²) in [7, 11) is -4.30. The Morgan fingerprint density at radius 1 is 0.690 bits per heavy atom. The summed E-state index contributed by atoms with van der Waals surface area (Å²) >= 11 is 0. The van der Waals surface area contributed by atoms with Gasteiger partial charge in [0, 0.05) is 13.0 Å². The molecule has 0 saturated heterocycles. The van der Waals surface area contributed by atoms with Crippen LogP contribution in [0.5, 0.6) is 0 Å². The van der Waals surface area contributed by atoms with E-state index in [-0.39, 0.29) is 25.7 Å². The summed E-state index contributed by atoms with van der Waals surface area (Å²) < 4.78 is 22.0. The number of aliphatic hydroxyl groups is 1. The standard InChI is InChI=1S/C33H69N2O6P/c1-3-5-7-9-11-13-15-17-18-20-22-24-26-32(36)31(30-41-42(38,39)40-29-28-34)35-33(37)27-25-23-21-19-16-14-12-10-8-6-4-2/h31-32,36H,3-30,34H2,1-2H3,(H,35,37)(H,38,39). The van der Waals surface area contributed by atoms with Crippen LogP contribution < -0.4 is 11.1 Å². The molecule has 0 fully saturated rings. The zero-order chi connectivity index (χ0) is 31.2. The van der Waals surface area contributed by atoms with Gasteiger partial charge in [0.25, 0.3) is 0 Å². The maximum atomic E-state index is 12.6. The van der Waals surface area contributed by atoms with E-state index in [2.05, 4.69) is 19.2 Å². The molecule has 0 aromatic heterocycles. The molecule has 9 heteroatoms. The van der Waals surface area contributed by atoms with Crippen LogP contribution in [0.25, 0.3) is 0 Å². The average molecular weight is 621 g/mol. The highest BCUT2D eigenvalue weighted by Crippen LogP contribution is 2.43. The summed E-state index contributed by atoms with van der Waals surface area (Å²) in [6, 6.07) is -0.764. The van der Waals surface area contributed by atoms with E-state index in [1.165, 1.54) is 109 Å². The molecule has 0 aliphatic rings. The number of phosphoric ester groups is 1. The molecule has 0 radical (unpaired) electrons. The van der Waals surface area contributed by atoms with Crippen LogP contribution in [0.15, 0.2) is 0 Å². The van der Waals surface area contributed by atoms with E-state index >= 15 is 0 Å². The minimum Gasteiger partial charge on any atom is -0.391 e. The van der Waals surface area contributed by atoms with Crippen LogP contribution in [-0.4, -0.2) is 47.8 Å². The van der Waals surface area contributed by atoms with Gasteiger partial charge in [0.05, 0.1) is 25.4 Å². The molecule has 3 atom stereocenters. The van der Waals surface area contributed by atoms with Crippen molar-refractivity contribution in [3.8, 4) is 0 Å². The first-order chi connectivity index (χ1) is 20.4. The van der Waals surface area contributed by atoms with Crippen LogP contribution in [0.2, 0.25) is 0 Å². The molecule has 8 nitrogen and oxygen atoms in total. The second-order valence-corrected chi connectivity index (χ2v) is 13.5. The lowest BCUT2D eigenvalue weighted by molar-refractivity contribution is -0.123. The van der Waals surface area contributed by atoms with Gasteiger partial charge in [0.1, 0.15) is 0 Å². The van der Waals surface area contributed by atoms with Gasteiger partial charge in [0.2, 0.25) is 5.91 Å². The van der Waals surface area contributed by atoms with E-state index in [1.54, 1.807) is 0 Å². The van der Waals surface area contributed by atoms with Gasteiger partial charge < -0.3 is 21.1 Å². The van der Waals surface area contributed by atoms with Crippen LogP contribution in [-0.2, 0) is 18.4 Å². The number of unbranched alkanes of at least 4 members (excludes halogenated alkanes) is 21. The number of carbonyl (C=O) groups is 1. The number of nitrogens with two attached hydrogens (primary N) is 1. The van der Waals surface area contributed by atoms with Gasteiger partial charge >= 0.3 is 7.82 Å². The van der Waals surface area contributed by atoms with Crippen molar-refractivity contribution in [3.63, 3.8) is 0 Å². The topological polar surface area (TPSA) is 131 Å². The molecule has 0 aliphatic carbocycles. The minimum atomic E-state index is -4.30. The average Bonchev–Trinajstić information content (AvgIpc) is 2.97. The molecule has 1 amide bonds. The Morgan fingerprint density at radius 3 is 1.52 bits per heavy atom. The Morgan fingerprint density at radius 2 is 1.10 bits per heavy atom. The van der Waals surface area contributed by atoms with Gasteiger partial charge in [-0.3, -0.25) is 13.8 Å². The monoisotopic (exact) mass is 620 g/mol. The van der Waals surface area contributed by atoms with Crippen molar-refractivity contribution in [1.29, 1.82) is 0 Å². The first-order valence-electron chi connectivity index (χ1n) is 17.7. The van der Waals surface area contributed by atoms with E-state index in [0.29, 0.717) is 12.8 Å². The summed E-state index contributed by atoms with van der Waals surface area (Å²) in [4.78, 5) is 22.5. The summed E-state index contributed by atoms with van der Waals surface area (Å²) in [5.41, 5.74) is 5.35. The normalized spacial score (nSPS) is 14.5. The number of aliphatic hydroxyl groups excluding tert-OH is 1. The molecule has 0 aliphatic heterocycles. The van der Waals surface area contributed by atoms with Crippen molar-refractivity contribution in [2.24, 2.45) is 5.73 Å². The number of amides is 1. The SMILES string of the molecule is CCCCCCCCCCCCCCC(O)C(COP(=O)(O)OCCN)NC(=O)CCCCCCCCCCCCC. The van der Waals surface area contributed by atoms with Crippen molar-refractivity contribution in [2.75, 3.05) is 19.8 Å². The Bertz CT molecular complexity index is 640. The third-order valence-electron chi connectivity index (χ3n) is 7.96. The minimum absolute atomic E-state index is 0.0919. The molecule has 0 aromatic rings. The second-order valence-electron chi connectivity index (χ2n) is 12.1. The maximum Gasteiger partial charge on any atom is 0.472 e. The molecule has 0 rings (SSSR count). The van der Waals surface area contributed by atoms with Crippen LogP contribution >= 0.6 is 7.82 Å². The molecule has 0 heterocycles. The van der Waals surface area contributed by atoms with Crippen LogP contribution in [0.4, 0.5) is 0 Å². The summed E-state index contributed by atoms with van der Waals surface area (Å²) in [5, 5.41) is 13.7. The lowest BCUT2D eigenvalue weighted by Crippen LogP contribution is -2.46. The molecule has 0 saturated carbocycles. The van der Waals surface area contributed by atoms with E-state index in [9.17, 15) is 19.4 Å². The van der Waals surface area contributed by atoms with E-state index in [0.717, 1.165) is 38.5 Å². The fourth-order valence-corrected chi connectivity index (χ4v) is 6.01. The van der Waals surface area contributed by atoms with Gasteiger partial charge in [-0.25, -0.2) is 4.57 Å². The molecular weight excluding hydrogens is 551 g/mol. The number of nitrogens with one attached hydrogen (secondary N) is 1. The van der Waals surface area contributed by atoms with Crippen molar-refractivity contribution in [1.82, 2.24) is 5.32 Å². The first kappa shape index (κ1) is 41.5. The highest BCUT2D eigenvalue weighted by molar-refractivity contribution is 7.47. The molecule has 0 bridgehead atoms. The molecule has 42 heavy (non-hydrogen) atoms. The van der Waals surface area contributed by atoms with E-state index in [4.69, 9.17) is 14.8 Å². The van der Waals surface area contributed by atoms with Gasteiger partial charge in [-0.2, -0.15) is 0 Å². The van der Waals surface area contributed by atoms with Gasteiger partial charge in [-0.05, 0) is 12.8 Å². The quantitative estimate of drug-likeness (QED) is 0.0426. The van der Waals surface area contributed by atoms with Crippen LogP contribution in [0.1, 0.15) is 174 Å². The lowest BCUT2D eigenvalue weighted by atomic mass is 10.0. The molecule has 5 N–H and O–H groups in total. The number of hydrogen-bond donors (Lipinski definition) is 4. The fraction of sp³-hybridized carbons (Fsp3) is 0.970. The third kappa shape index (κ3) is 28.3. The third-order valence-corrected chi connectivity index (χ3v) is 8.95. The van der Waals surface area contributed by atoms with E-state index in [1.807, 2.05) is 0 Å². The largest absolute Gasteiger partial charge is 0.472 e. The predicted octanol–water partition coefficient (Wildman–Crippen LogP) is 8.72. The fourth-order valence-electron chi connectivity index (χ4n) is 5.25. The molecule has 3 unspecified atom stereocenters. The Balaban J connectivity index is 4.28. The lowest BCUT2D eigenvalue weighted by Gasteiger charge is -2.25. The smallest absolute Gasteiger partial charge is 0.391 e. The number of hydrogen-bond acceptors (Lipinski definition) is 6. The van der Waals surface area contributed by atoms with Gasteiger partial charge in [-0.1, -0.05) is 155 Å². The first-order valence-corrected chi connectivity index (χ1v) is 19.1. The second kappa shape index (κ2) is 30.5. The van der Waals surface area contributed by atoms with Crippen LogP contribution in [0.3, 0.4) is 0 Å². The zero-order valence-electron chi connectivity index (χ0n) is 27.5. The van der Waals surface area contributed by atoms with E-state index < -0.39 is 20.0 Å². The molecular formula is C33H69N2O6P. The Kier molecular flexibility index (Phi) is 30.2. The van der Waals surface area contributed by atoms with Crippen molar-refractivity contribution in [2.45, 2.75) is 187 Å². The summed E-state index contributed by atoms with van der Waals surface area (Å²) in [6.07, 6.45) is 28.1.